The first-order chi connectivity index (χ1) is 9.09. The molecule has 19 heavy (non-hydrogen) atoms. The Morgan fingerprint density at radius 1 is 1.32 bits per heavy atom. The van der Waals surface area contributed by atoms with Crippen molar-refractivity contribution in [3.8, 4) is 0 Å². The lowest BCUT2D eigenvalue weighted by Gasteiger charge is -2.24. The Bertz CT molecular complexity index is 496. The molecule has 0 atom stereocenters. The van der Waals surface area contributed by atoms with Crippen molar-refractivity contribution in [1.29, 1.82) is 0 Å². The lowest BCUT2D eigenvalue weighted by Crippen LogP contribution is -2.30. The monoisotopic (exact) mass is 261 g/mol. The molecular formula is C16H23NO2. The summed E-state index contributed by atoms with van der Waals surface area (Å²) in [6.07, 6.45) is 8.03. The number of carbonyl (C=O) groups excluding carboxylic acids is 1. The summed E-state index contributed by atoms with van der Waals surface area (Å²) in [5, 5.41) is 0. The van der Waals surface area contributed by atoms with Crippen LogP contribution >= 0.6 is 0 Å². The van der Waals surface area contributed by atoms with Gasteiger partial charge in [-0.3, -0.25) is 9.59 Å². The summed E-state index contributed by atoms with van der Waals surface area (Å²) in [6.45, 7) is 4.00. The van der Waals surface area contributed by atoms with Gasteiger partial charge >= 0.3 is 0 Å². The molecule has 0 bridgehead atoms. The van der Waals surface area contributed by atoms with Crippen LogP contribution in [0.2, 0.25) is 0 Å². The Morgan fingerprint density at radius 2 is 2.00 bits per heavy atom. The van der Waals surface area contributed by atoms with Gasteiger partial charge in [-0.1, -0.05) is 33.1 Å². The Kier molecular flexibility index (Phi) is 4.56. The zero-order valence-corrected chi connectivity index (χ0v) is 11.9. The van der Waals surface area contributed by atoms with E-state index in [1.54, 1.807) is 10.6 Å². The summed E-state index contributed by atoms with van der Waals surface area (Å²) in [7, 11) is 0. The number of rotatable bonds is 4. The first-order valence-electron chi connectivity index (χ1n) is 7.34. The molecule has 0 unspecified atom stereocenters. The fourth-order valence-electron chi connectivity index (χ4n) is 2.85. The summed E-state index contributed by atoms with van der Waals surface area (Å²) in [4.78, 5) is 24.5. The van der Waals surface area contributed by atoms with E-state index in [-0.39, 0.29) is 23.3 Å². The summed E-state index contributed by atoms with van der Waals surface area (Å²) >= 11 is 0. The van der Waals surface area contributed by atoms with E-state index < -0.39 is 0 Å². The Morgan fingerprint density at radius 3 is 2.63 bits per heavy atom. The highest BCUT2D eigenvalue weighted by Crippen LogP contribution is 2.26. The highest BCUT2D eigenvalue weighted by Gasteiger charge is 2.19. The lowest BCUT2D eigenvalue weighted by molar-refractivity contribution is 0.0965. The molecule has 1 aromatic heterocycles. The SMILES string of the molecule is CC(C)CC(=O)c1cccn(C2CCCCC2)c1=O. The van der Waals surface area contributed by atoms with E-state index in [0.29, 0.717) is 12.0 Å². The van der Waals surface area contributed by atoms with Crippen molar-refractivity contribution in [3.05, 3.63) is 34.2 Å². The van der Waals surface area contributed by atoms with Crippen molar-refractivity contribution in [1.82, 2.24) is 4.57 Å². The van der Waals surface area contributed by atoms with E-state index in [1.165, 1.54) is 19.3 Å². The molecule has 0 spiro atoms. The molecule has 0 amide bonds. The predicted octanol–water partition coefficient (Wildman–Crippen LogP) is 3.58. The number of hydrogen-bond acceptors (Lipinski definition) is 2. The molecule has 1 aliphatic carbocycles. The van der Waals surface area contributed by atoms with Gasteiger partial charge in [-0.2, -0.15) is 0 Å². The Balaban J connectivity index is 2.27. The van der Waals surface area contributed by atoms with Crippen LogP contribution < -0.4 is 5.56 Å². The van der Waals surface area contributed by atoms with Gasteiger partial charge in [0, 0.05) is 18.7 Å². The second kappa shape index (κ2) is 6.18. The molecule has 0 aliphatic heterocycles. The molecule has 1 aliphatic rings. The number of ketones is 1. The zero-order valence-electron chi connectivity index (χ0n) is 11.9. The van der Waals surface area contributed by atoms with Crippen LogP contribution in [0.15, 0.2) is 23.1 Å². The molecule has 1 fully saturated rings. The van der Waals surface area contributed by atoms with E-state index in [2.05, 4.69) is 0 Å². The Labute approximate surface area is 114 Å². The third-order valence-corrected chi connectivity index (χ3v) is 3.84. The van der Waals surface area contributed by atoms with Gasteiger partial charge in [-0.15, -0.1) is 0 Å². The van der Waals surface area contributed by atoms with Crippen molar-refractivity contribution in [3.63, 3.8) is 0 Å². The fraction of sp³-hybridized carbons (Fsp3) is 0.625. The minimum Gasteiger partial charge on any atom is -0.312 e. The third-order valence-electron chi connectivity index (χ3n) is 3.84. The van der Waals surface area contributed by atoms with Gasteiger partial charge in [-0.25, -0.2) is 0 Å². The van der Waals surface area contributed by atoms with Crippen LogP contribution in [0.4, 0.5) is 0 Å². The van der Waals surface area contributed by atoms with E-state index in [1.807, 2.05) is 26.1 Å². The molecule has 104 valence electrons. The zero-order chi connectivity index (χ0) is 13.8. The summed E-state index contributed by atoms with van der Waals surface area (Å²) in [5.74, 6) is 0.264. The van der Waals surface area contributed by atoms with Gasteiger partial charge < -0.3 is 4.57 Å². The standard InChI is InChI=1S/C16H23NO2/c1-12(2)11-15(18)14-9-6-10-17(16(14)19)13-7-4-3-5-8-13/h6,9-10,12-13H,3-5,7-8,11H2,1-2H3. The maximum atomic E-state index is 12.4. The van der Waals surface area contributed by atoms with E-state index in [4.69, 9.17) is 0 Å². The first-order valence-corrected chi connectivity index (χ1v) is 7.34. The van der Waals surface area contributed by atoms with Gasteiger partial charge in [0.1, 0.15) is 0 Å². The maximum absolute atomic E-state index is 12.4. The minimum atomic E-state index is -0.0972. The van der Waals surface area contributed by atoms with Gasteiger partial charge in [0.05, 0.1) is 5.56 Å². The Hall–Kier alpha value is -1.38. The molecule has 1 aromatic rings. The highest BCUT2D eigenvalue weighted by atomic mass is 16.1. The fourth-order valence-corrected chi connectivity index (χ4v) is 2.85. The van der Waals surface area contributed by atoms with Gasteiger partial charge in [0.2, 0.25) is 0 Å². The summed E-state index contributed by atoms with van der Waals surface area (Å²) < 4.78 is 1.78. The number of pyridine rings is 1. The summed E-state index contributed by atoms with van der Waals surface area (Å²) in [6, 6.07) is 3.80. The van der Waals surface area contributed by atoms with Crippen LogP contribution in [0.1, 0.15) is 68.8 Å². The van der Waals surface area contributed by atoms with Crippen LogP contribution in [0.25, 0.3) is 0 Å². The van der Waals surface area contributed by atoms with Gasteiger partial charge in [0.25, 0.3) is 5.56 Å². The van der Waals surface area contributed by atoms with Crippen molar-refractivity contribution in [2.45, 2.75) is 58.4 Å². The number of carbonyl (C=O) groups is 1. The van der Waals surface area contributed by atoms with E-state index in [0.717, 1.165) is 12.8 Å². The molecule has 0 aromatic carbocycles. The van der Waals surface area contributed by atoms with Gasteiger partial charge in [-0.05, 0) is 30.9 Å². The van der Waals surface area contributed by atoms with Crippen LogP contribution in [0, 0.1) is 5.92 Å². The van der Waals surface area contributed by atoms with Gasteiger partial charge in [0.15, 0.2) is 5.78 Å². The number of nitrogens with zero attached hydrogens (tertiary/aromatic N) is 1. The average molecular weight is 261 g/mol. The number of hydrogen-bond donors (Lipinski definition) is 0. The molecule has 0 saturated heterocycles. The number of aromatic nitrogens is 1. The first kappa shape index (κ1) is 14.0. The average Bonchev–Trinajstić information content (AvgIpc) is 2.39. The smallest absolute Gasteiger partial charge is 0.261 e. The topological polar surface area (TPSA) is 39.1 Å². The molecule has 1 saturated carbocycles. The second-order valence-electron chi connectivity index (χ2n) is 5.95. The molecule has 3 heteroatoms. The molecule has 3 nitrogen and oxygen atoms in total. The second-order valence-corrected chi connectivity index (χ2v) is 5.95. The third kappa shape index (κ3) is 3.34. The van der Waals surface area contributed by atoms with Crippen molar-refractivity contribution in [2.24, 2.45) is 5.92 Å². The van der Waals surface area contributed by atoms with Crippen molar-refractivity contribution >= 4 is 5.78 Å². The normalized spacial score (nSPS) is 16.8. The maximum Gasteiger partial charge on any atom is 0.261 e. The minimum absolute atomic E-state index is 0.0230. The molecule has 2 rings (SSSR count). The molecule has 0 N–H and O–H groups in total. The van der Waals surface area contributed by atoms with Crippen LogP contribution in [-0.2, 0) is 0 Å². The summed E-state index contributed by atoms with van der Waals surface area (Å²) in [5.41, 5.74) is 0.266. The largest absolute Gasteiger partial charge is 0.312 e. The highest BCUT2D eigenvalue weighted by molar-refractivity contribution is 5.95. The van der Waals surface area contributed by atoms with Crippen molar-refractivity contribution < 1.29 is 4.79 Å². The van der Waals surface area contributed by atoms with Crippen molar-refractivity contribution in [2.75, 3.05) is 0 Å². The van der Waals surface area contributed by atoms with Crippen LogP contribution in [0.5, 0.6) is 0 Å². The molecule has 1 heterocycles. The number of Topliss-reactive ketones (excluding diaryl/α,β-unsaturated/α-hetero) is 1. The molecule has 0 radical (unpaired) electrons. The van der Waals surface area contributed by atoms with Crippen LogP contribution in [-0.4, -0.2) is 10.4 Å². The van der Waals surface area contributed by atoms with E-state index in [9.17, 15) is 9.59 Å². The lowest BCUT2D eigenvalue weighted by atomic mass is 9.95. The predicted molar refractivity (Wildman–Crippen MR) is 76.6 cm³/mol. The van der Waals surface area contributed by atoms with E-state index >= 15 is 0 Å². The quantitative estimate of drug-likeness (QED) is 0.777. The van der Waals surface area contributed by atoms with Crippen LogP contribution in [0.3, 0.4) is 0 Å². The molecular weight excluding hydrogens is 238 g/mol.